The van der Waals surface area contributed by atoms with Gasteiger partial charge in [0.15, 0.2) is 0 Å². The predicted octanol–water partition coefficient (Wildman–Crippen LogP) is 2.49. The number of methoxy groups -OCH3 is 1. The molecule has 3 rings (SSSR count). The van der Waals surface area contributed by atoms with Crippen LogP contribution in [0.1, 0.15) is 36.6 Å². The number of aromatic nitrogens is 2. The van der Waals surface area contributed by atoms with Gasteiger partial charge in [0.1, 0.15) is 12.2 Å². The summed E-state index contributed by atoms with van der Waals surface area (Å²) in [6.07, 6.45) is 1.40. The van der Waals surface area contributed by atoms with Crippen LogP contribution in [0.3, 0.4) is 0 Å². The molecule has 27 heavy (non-hydrogen) atoms. The highest BCUT2D eigenvalue weighted by molar-refractivity contribution is 5.98. The minimum Gasteiger partial charge on any atom is -0.473 e. The minimum atomic E-state index is -0.532. The molecule has 1 saturated heterocycles. The molecule has 1 aromatic heterocycles. The van der Waals surface area contributed by atoms with Crippen molar-refractivity contribution in [3.63, 3.8) is 0 Å². The molecule has 1 aliphatic heterocycles. The smallest absolute Gasteiger partial charge is 0.223 e. The van der Waals surface area contributed by atoms with E-state index in [2.05, 4.69) is 15.1 Å². The van der Waals surface area contributed by atoms with Gasteiger partial charge >= 0.3 is 0 Å². The lowest BCUT2D eigenvalue weighted by Crippen LogP contribution is -2.36. The lowest BCUT2D eigenvalue weighted by Gasteiger charge is -2.35. The van der Waals surface area contributed by atoms with Crippen LogP contribution in [0.15, 0.2) is 35.5 Å². The Hall–Kier alpha value is -2.71. The Kier molecular flexibility index (Phi) is 5.88. The number of nitrogens with two attached hydrogens (primary N) is 1. The molecule has 1 fully saturated rings. The van der Waals surface area contributed by atoms with Gasteiger partial charge in [-0.3, -0.25) is 0 Å². The number of hydrogen-bond acceptors (Lipinski definition) is 8. The first-order valence-electron chi connectivity index (χ1n) is 8.75. The number of oxime groups is 1. The average molecular weight is 372 g/mol. The van der Waals surface area contributed by atoms with Crippen LogP contribution in [0.25, 0.3) is 0 Å². The number of benzene rings is 1. The molecule has 1 aromatic carbocycles. The van der Waals surface area contributed by atoms with Crippen LogP contribution in [0.5, 0.6) is 5.88 Å². The maximum absolute atomic E-state index is 8.83. The van der Waals surface area contributed by atoms with Gasteiger partial charge in [-0.1, -0.05) is 29.4 Å². The lowest BCUT2D eigenvalue weighted by atomic mass is 9.90. The summed E-state index contributed by atoms with van der Waals surface area (Å²) in [5, 5.41) is 12.0. The Balaban J connectivity index is 1.75. The fraction of sp³-hybridized carbons (Fsp3) is 0.421. The molecule has 0 radical (unpaired) electrons. The molecule has 2 aromatic rings. The van der Waals surface area contributed by atoms with E-state index in [0.717, 1.165) is 11.1 Å². The van der Waals surface area contributed by atoms with Gasteiger partial charge in [-0.25, -0.2) is 4.98 Å². The summed E-state index contributed by atoms with van der Waals surface area (Å²) in [5.41, 5.74) is 8.42. The first-order chi connectivity index (χ1) is 13.1. The maximum atomic E-state index is 8.83. The van der Waals surface area contributed by atoms with Gasteiger partial charge in [-0.2, -0.15) is 4.98 Å². The summed E-state index contributed by atoms with van der Waals surface area (Å²) in [4.78, 5) is 8.54. The van der Waals surface area contributed by atoms with Crippen LogP contribution in [0.4, 0.5) is 5.95 Å². The second kappa shape index (κ2) is 8.32. The third kappa shape index (κ3) is 4.35. The summed E-state index contributed by atoms with van der Waals surface area (Å²) in [6, 6.07) is 9.34. The van der Waals surface area contributed by atoms with Gasteiger partial charge in [0.25, 0.3) is 0 Å². The molecule has 144 valence electrons. The third-order valence-corrected chi connectivity index (χ3v) is 4.79. The lowest BCUT2D eigenvalue weighted by molar-refractivity contribution is -0.0974. The van der Waals surface area contributed by atoms with Crippen molar-refractivity contribution < 1.29 is 19.4 Å². The zero-order valence-corrected chi connectivity index (χ0v) is 15.5. The van der Waals surface area contributed by atoms with E-state index in [0.29, 0.717) is 49.9 Å². The summed E-state index contributed by atoms with van der Waals surface area (Å²) in [5.74, 6) is 0.549. The molecule has 0 amide bonds. The number of hydrogen-bond donors (Lipinski definition) is 2. The van der Waals surface area contributed by atoms with Crippen molar-refractivity contribution in [1.29, 1.82) is 0 Å². The number of nitrogens with zero attached hydrogens (tertiary/aromatic N) is 3. The molecular weight excluding hydrogens is 348 g/mol. The van der Waals surface area contributed by atoms with Crippen molar-refractivity contribution in [2.45, 2.75) is 32.0 Å². The highest BCUT2D eigenvalue weighted by Gasteiger charge is 2.36. The van der Waals surface area contributed by atoms with E-state index in [1.807, 2.05) is 24.3 Å². The topological polar surface area (TPSA) is 112 Å². The van der Waals surface area contributed by atoms with Crippen LogP contribution in [0.2, 0.25) is 0 Å². The molecule has 0 aliphatic carbocycles. The van der Waals surface area contributed by atoms with Crippen LogP contribution < -0.4 is 10.5 Å². The van der Waals surface area contributed by atoms with Crippen LogP contribution in [0, 0.1) is 0 Å². The summed E-state index contributed by atoms with van der Waals surface area (Å²) < 4.78 is 17.0. The molecule has 8 nitrogen and oxygen atoms in total. The van der Waals surface area contributed by atoms with Crippen LogP contribution in [-0.2, 0) is 21.7 Å². The predicted molar refractivity (Wildman–Crippen MR) is 100.0 cm³/mol. The average Bonchev–Trinajstić information content (AvgIpc) is 2.72. The Labute approximate surface area is 158 Å². The number of anilines is 1. The van der Waals surface area contributed by atoms with E-state index in [1.54, 1.807) is 20.1 Å². The van der Waals surface area contributed by atoms with E-state index in [9.17, 15) is 0 Å². The number of nitrogen functional groups attached to an aromatic ring is 1. The Morgan fingerprint density at radius 2 is 1.96 bits per heavy atom. The first-order valence-corrected chi connectivity index (χ1v) is 8.75. The monoisotopic (exact) mass is 372 g/mol. The largest absolute Gasteiger partial charge is 0.473 e. The van der Waals surface area contributed by atoms with Gasteiger partial charge in [-0.05, 0) is 18.1 Å². The summed E-state index contributed by atoms with van der Waals surface area (Å²) >= 11 is 0. The fourth-order valence-corrected chi connectivity index (χ4v) is 3.07. The summed E-state index contributed by atoms with van der Waals surface area (Å²) in [6.45, 7) is 3.28. The Morgan fingerprint density at radius 1 is 1.26 bits per heavy atom. The highest BCUT2D eigenvalue weighted by Crippen LogP contribution is 2.35. The van der Waals surface area contributed by atoms with Crippen molar-refractivity contribution >= 4 is 11.7 Å². The van der Waals surface area contributed by atoms with E-state index >= 15 is 0 Å². The van der Waals surface area contributed by atoms with Gasteiger partial charge in [-0.15, -0.1) is 0 Å². The molecule has 0 bridgehead atoms. The van der Waals surface area contributed by atoms with E-state index < -0.39 is 5.60 Å². The van der Waals surface area contributed by atoms with E-state index in [-0.39, 0.29) is 5.95 Å². The minimum absolute atomic E-state index is 0.149. The number of ether oxygens (including phenoxy) is 3. The second-order valence-electron chi connectivity index (χ2n) is 6.43. The second-order valence-corrected chi connectivity index (χ2v) is 6.43. The molecule has 8 heteroatoms. The van der Waals surface area contributed by atoms with Crippen molar-refractivity contribution in [3.05, 3.63) is 47.2 Å². The van der Waals surface area contributed by atoms with Gasteiger partial charge in [0.05, 0.1) is 11.4 Å². The third-order valence-electron chi connectivity index (χ3n) is 4.79. The maximum Gasteiger partial charge on any atom is 0.223 e. The van der Waals surface area contributed by atoms with E-state index in [1.165, 1.54) is 0 Å². The zero-order valence-electron chi connectivity index (χ0n) is 15.5. The van der Waals surface area contributed by atoms with Gasteiger partial charge in [0, 0.05) is 39.2 Å². The van der Waals surface area contributed by atoms with Gasteiger partial charge in [0.2, 0.25) is 11.8 Å². The quantitative estimate of drug-likeness (QED) is 0.455. The Morgan fingerprint density at radius 3 is 2.59 bits per heavy atom. The zero-order chi connectivity index (χ0) is 19.3. The molecule has 0 unspecified atom stereocenters. The Bertz CT molecular complexity index is 802. The highest BCUT2D eigenvalue weighted by atomic mass is 16.5. The van der Waals surface area contributed by atoms with Crippen molar-refractivity contribution in [2.24, 2.45) is 5.16 Å². The fourth-order valence-electron chi connectivity index (χ4n) is 3.07. The van der Waals surface area contributed by atoms with Crippen LogP contribution >= 0.6 is 0 Å². The van der Waals surface area contributed by atoms with Crippen molar-refractivity contribution in [3.8, 4) is 5.88 Å². The van der Waals surface area contributed by atoms with Gasteiger partial charge < -0.3 is 25.2 Å². The first kappa shape index (κ1) is 19.1. The molecule has 0 spiro atoms. The normalized spacial score (nSPS) is 16.9. The standard InChI is InChI=1S/C19H24N4O4/c1-13(23-24)15-5-3-14(4-6-15)12-27-17-11-16(21-18(20)22-17)19(25-2)7-9-26-10-8-19/h3-6,11,24H,7-10,12H2,1-2H3,(H2,20,21,22). The molecule has 0 saturated carbocycles. The van der Waals surface area contributed by atoms with E-state index in [4.69, 9.17) is 25.2 Å². The molecule has 0 atom stereocenters. The molecular formula is C19H24N4O4. The SMILES string of the molecule is COC1(c2cc(OCc3ccc(C(C)=NO)cc3)nc(N)n2)CCOCC1. The van der Waals surface area contributed by atoms with Crippen molar-refractivity contribution in [2.75, 3.05) is 26.1 Å². The summed E-state index contributed by atoms with van der Waals surface area (Å²) in [7, 11) is 1.67. The number of rotatable bonds is 6. The van der Waals surface area contributed by atoms with Crippen LogP contribution in [-0.4, -0.2) is 41.2 Å². The molecule has 1 aliphatic rings. The molecule has 3 N–H and O–H groups in total. The molecule has 2 heterocycles. The van der Waals surface area contributed by atoms with Crippen molar-refractivity contribution in [1.82, 2.24) is 9.97 Å².